The van der Waals surface area contributed by atoms with Crippen molar-refractivity contribution >= 4 is 19.8 Å². The molecular weight excluding hydrogens is 705 g/mol. The summed E-state index contributed by atoms with van der Waals surface area (Å²) in [6, 6.07) is -1.47. The van der Waals surface area contributed by atoms with Crippen LogP contribution in [0.5, 0.6) is 0 Å². The quantitative estimate of drug-likeness (QED) is 0.0308. The fourth-order valence-electron chi connectivity index (χ4n) is 6.61. The number of carboxylic acid groups (broad SMARTS) is 1. The van der Waals surface area contributed by atoms with E-state index in [1.807, 2.05) is 0 Å². The van der Waals surface area contributed by atoms with E-state index in [0.717, 1.165) is 38.5 Å². The van der Waals surface area contributed by atoms with Crippen molar-refractivity contribution in [3.05, 3.63) is 0 Å². The molecule has 11 heteroatoms. The normalized spacial score (nSPS) is 13.9. The van der Waals surface area contributed by atoms with Crippen molar-refractivity contribution in [2.24, 2.45) is 5.73 Å². The van der Waals surface area contributed by atoms with Gasteiger partial charge in [0.25, 0.3) is 0 Å². The Kier molecular flexibility index (Phi) is 39.4. The molecule has 0 aromatic carbocycles. The summed E-state index contributed by atoms with van der Waals surface area (Å²) in [5, 5.41) is 8.89. The SMILES string of the molecule is CCCCCCCCCCCCCCCCCCCCCCOC[C@H](COP(=O)(O)OC[C@H](N)C(=O)O)OC(=O)CCCCCCCCCCCCCC. The standard InChI is InChI=1S/C43H86NO9P/c1-3-5-7-9-11-13-15-17-18-19-20-21-22-23-24-26-28-30-32-34-36-50-37-40(38-51-54(48,49)52-39-41(44)43(46)47)53-42(45)35-33-31-29-27-25-16-14-12-10-8-6-4-2/h40-41H,3-39,44H2,1-2H3,(H,46,47)(H,48,49)/t40-,41+/m1/s1. The number of hydrogen-bond donors (Lipinski definition) is 3. The van der Waals surface area contributed by atoms with E-state index in [-0.39, 0.29) is 13.0 Å². The molecule has 54 heavy (non-hydrogen) atoms. The van der Waals surface area contributed by atoms with E-state index < -0.39 is 45.1 Å². The molecule has 322 valence electrons. The maximum atomic E-state index is 12.6. The lowest BCUT2D eigenvalue weighted by Gasteiger charge is -2.20. The molecule has 0 radical (unpaired) electrons. The Morgan fingerprint density at radius 3 is 1.22 bits per heavy atom. The van der Waals surface area contributed by atoms with Gasteiger partial charge in [-0.2, -0.15) is 0 Å². The van der Waals surface area contributed by atoms with E-state index in [1.165, 1.54) is 167 Å². The van der Waals surface area contributed by atoms with E-state index in [2.05, 4.69) is 13.8 Å². The number of carbonyl (C=O) groups excluding carboxylic acids is 1. The molecule has 0 aliphatic rings. The topological polar surface area (TPSA) is 155 Å². The third-order valence-corrected chi connectivity index (χ3v) is 11.1. The summed E-state index contributed by atoms with van der Waals surface area (Å²) >= 11 is 0. The number of nitrogens with two attached hydrogens (primary N) is 1. The fraction of sp³-hybridized carbons (Fsp3) is 0.953. The molecular formula is C43H86NO9P. The zero-order chi connectivity index (χ0) is 39.8. The highest BCUT2D eigenvalue weighted by molar-refractivity contribution is 7.47. The van der Waals surface area contributed by atoms with E-state index in [0.29, 0.717) is 6.61 Å². The second-order valence-corrected chi connectivity index (χ2v) is 17.0. The summed E-state index contributed by atoms with van der Waals surface area (Å²) in [5.41, 5.74) is 5.35. The molecule has 0 heterocycles. The minimum absolute atomic E-state index is 0.0257. The molecule has 0 amide bonds. The maximum absolute atomic E-state index is 12.6. The number of carbonyl (C=O) groups is 2. The number of esters is 1. The Balaban J connectivity index is 4.11. The predicted molar refractivity (Wildman–Crippen MR) is 222 cm³/mol. The lowest BCUT2D eigenvalue weighted by Crippen LogP contribution is -2.34. The molecule has 0 aromatic rings. The second kappa shape index (κ2) is 40.2. The van der Waals surface area contributed by atoms with Gasteiger partial charge < -0.3 is 25.2 Å². The van der Waals surface area contributed by atoms with Crippen molar-refractivity contribution in [2.75, 3.05) is 26.4 Å². The Morgan fingerprint density at radius 1 is 0.519 bits per heavy atom. The van der Waals surface area contributed by atoms with E-state index in [4.69, 9.17) is 29.4 Å². The first-order valence-corrected chi connectivity index (χ1v) is 24.1. The third kappa shape index (κ3) is 39.2. The Hall–Kier alpha value is -1.03. The smallest absolute Gasteiger partial charge is 0.472 e. The van der Waals surface area contributed by atoms with E-state index >= 15 is 0 Å². The van der Waals surface area contributed by atoms with Crippen LogP contribution in [0.3, 0.4) is 0 Å². The molecule has 10 nitrogen and oxygen atoms in total. The maximum Gasteiger partial charge on any atom is 0.472 e. The van der Waals surface area contributed by atoms with Gasteiger partial charge in [0.15, 0.2) is 0 Å². The van der Waals surface area contributed by atoms with Crippen LogP contribution in [0.2, 0.25) is 0 Å². The van der Waals surface area contributed by atoms with Crippen LogP contribution in [0.4, 0.5) is 0 Å². The van der Waals surface area contributed by atoms with E-state index in [9.17, 15) is 19.0 Å². The number of rotatable bonds is 44. The van der Waals surface area contributed by atoms with Gasteiger partial charge in [-0.3, -0.25) is 18.6 Å². The molecule has 0 spiro atoms. The summed E-state index contributed by atoms with van der Waals surface area (Å²) < 4.78 is 33.4. The largest absolute Gasteiger partial charge is 0.480 e. The molecule has 0 saturated carbocycles. The fourth-order valence-corrected chi connectivity index (χ4v) is 7.38. The minimum atomic E-state index is -4.61. The molecule has 0 rings (SSSR count). The highest BCUT2D eigenvalue weighted by atomic mass is 31.2. The number of phosphoric ester groups is 1. The van der Waals surface area contributed by atoms with Crippen molar-refractivity contribution < 1.29 is 42.7 Å². The number of unbranched alkanes of at least 4 members (excludes halogenated alkanes) is 30. The molecule has 0 aliphatic carbocycles. The van der Waals surface area contributed by atoms with Crippen molar-refractivity contribution in [3.63, 3.8) is 0 Å². The van der Waals surface area contributed by atoms with Crippen LogP contribution >= 0.6 is 7.82 Å². The van der Waals surface area contributed by atoms with Gasteiger partial charge in [0.2, 0.25) is 0 Å². The summed E-state index contributed by atoms with van der Waals surface area (Å²) in [6.45, 7) is 3.92. The highest BCUT2D eigenvalue weighted by Gasteiger charge is 2.27. The van der Waals surface area contributed by atoms with Crippen molar-refractivity contribution in [3.8, 4) is 0 Å². The minimum Gasteiger partial charge on any atom is -0.480 e. The van der Waals surface area contributed by atoms with Crippen LogP contribution in [0.1, 0.15) is 226 Å². The summed E-state index contributed by atoms with van der Waals surface area (Å²) in [6.07, 6.45) is 40.1. The van der Waals surface area contributed by atoms with Crippen molar-refractivity contribution in [2.45, 2.75) is 238 Å². The molecule has 3 atom stereocenters. The monoisotopic (exact) mass is 792 g/mol. The van der Waals surface area contributed by atoms with Crippen molar-refractivity contribution in [1.82, 2.24) is 0 Å². The van der Waals surface area contributed by atoms with Gasteiger partial charge in [-0.25, -0.2) is 4.57 Å². The molecule has 0 saturated heterocycles. The molecule has 0 bridgehead atoms. The molecule has 1 unspecified atom stereocenters. The number of ether oxygens (including phenoxy) is 2. The molecule has 4 N–H and O–H groups in total. The predicted octanol–water partition coefficient (Wildman–Crippen LogP) is 12.4. The van der Waals surface area contributed by atoms with Gasteiger partial charge in [-0.15, -0.1) is 0 Å². The van der Waals surface area contributed by atoms with Gasteiger partial charge in [0.1, 0.15) is 12.1 Å². The van der Waals surface area contributed by atoms with Crippen LogP contribution < -0.4 is 5.73 Å². The third-order valence-electron chi connectivity index (χ3n) is 10.1. The molecule has 0 aliphatic heterocycles. The van der Waals surface area contributed by atoms with Crippen molar-refractivity contribution in [1.29, 1.82) is 0 Å². The number of hydrogen-bond acceptors (Lipinski definition) is 8. The summed E-state index contributed by atoms with van der Waals surface area (Å²) in [4.78, 5) is 33.5. The molecule has 0 aromatic heterocycles. The first kappa shape index (κ1) is 53.0. The zero-order valence-corrected chi connectivity index (χ0v) is 36.0. The Labute approximate surface area is 331 Å². The van der Waals surface area contributed by atoms with Gasteiger partial charge >= 0.3 is 19.8 Å². The van der Waals surface area contributed by atoms with Crippen LogP contribution in [-0.2, 0) is 32.7 Å². The Morgan fingerprint density at radius 2 is 0.852 bits per heavy atom. The lowest BCUT2D eigenvalue weighted by molar-refractivity contribution is -0.154. The Bertz CT molecular complexity index is 878. The summed E-state index contributed by atoms with van der Waals surface area (Å²) in [5.74, 6) is -1.77. The first-order valence-electron chi connectivity index (χ1n) is 22.6. The van der Waals surface area contributed by atoms with E-state index in [1.54, 1.807) is 0 Å². The average molecular weight is 792 g/mol. The lowest BCUT2D eigenvalue weighted by atomic mass is 10.0. The van der Waals surface area contributed by atoms with Gasteiger partial charge in [0.05, 0.1) is 19.8 Å². The highest BCUT2D eigenvalue weighted by Crippen LogP contribution is 2.43. The van der Waals surface area contributed by atoms with Gasteiger partial charge in [0, 0.05) is 13.0 Å². The van der Waals surface area contributed by atoms with Crippen LogP contribution in [-0.4, -0.2) is 60.5 Å². The van der Waals surface area contributed by atoms with Crippen LogP contribution in [0.25, 0.3) is 0 Å². The van der Waals surface area contributed by atoms with Gasteiger partial charge in [-0.05, 0) is 12.8 Å². The summed E-state index contributed by atoms with van der Waals surface area (Å²) in [7, 11) is -4.61. The number of aliphatic carboxylic acids is 1. The first-order chi connectivity index (χ1) is 26.2. The molecule has 0 fully saturated rings. The number of carboxylic acids is 1. The second-order valence-electron chi connectivity index (χ2n) is 15.5. The van der Waals surface area contributed by atoms with Gasteiger partial charge in [-0.1, -0.05) is 206 Å². The zero-order valence-electron chi connectivity index (χ0n) is 35.1. The van der Waals surface area contributed by atoms with Crippen LogP contribution in [0, 0.1) is 0 Å². The average Bonchev–Trinajstić information content (AvgIpc) is 3.15. The number of phosphoric acid groups is 1. The van der Waals surface area contributed by atoms with Crippen LogP contribution in [0.15, 0.2) is 0 Å².